The van der Waals surface area contributed by atoms with Crippen LogP contribution in [0.1, 0.15) is 24.8 Å². The van der Waals surface area contributed by atoms with E-state index in [9.17, 15) is 14.4 Å². The summed E-state index contributed by atoms with van der Waals surface area (Å²) in [6.45, 7) is 0. The number of carboxylic acid groups (broad SMARTS) is 1. The first-order chi connectivity index (χ1) is 9.51. The lowest BCUT2D eigenvalue weighted by atomic mass is 10.1. The van der Waals surface area contributed by atoms with Gasteiger partial charge in [-0.25, -0.2) is 0 Å². The fourth-order valence-electron chi connectivity index (χ4n) is 1.60. The van der Waals surface area contributed by atoms with E-state index in [1.807, 2.05) is 0 Å². The first kappa shape index (κ1) is 15.7. The second kappa shape index (κ2) is 7.93. The van der Waals surface area contributed by atoms with Crippen molar-refractivity contribution in [2.45, 2.75) is 25.7 Å². The molecule has 108 valence electrons. The van der Waals surface area contributed by atoms with Crippen molar-refractivity contribution in [2.24, 2.45) is 0 Å². The van der Waals surface area contributed by atoms with Gasteiger partial charge in [-0.3, -0.25) is 14.4 Å². The Labute approximate surface area is 117 Å². The van der Waals surface area contributed by atoms with Crippen LogP contribution in [0, 0.1) is 0 Å². The van der Waals surface area contributed by atoms with Gasteiger partial charge in [0.15, 0.2) is 0 Å². The summed E-state index contributed by atoms with van der Waals surface area (Å²) in [6, 6.07) is 6.96. The first-order valence-corrected chi connectivity index (χ1v) is 6.32. The number of rotatable bonds is 7. The number of hydrogen-bond donors (Lipinski definition) is 3. The molecule has 20 heavy (non-hydrogen) atoms. The number of nitrogens with one attached hydrogen (secondary N) is 2. The SMILES string of the molecule is CNC(=O)Cc1ccc(NC(=O)CCCC(=O)O)cc1. The first-order valence-electron chi connectivity index (χ1n) is 6.32. The highest BCUT2D eigenvalue weighted by Gasteiger charge is 2.05. The van der Waals surface area contributed by atoms with Crippen molar-refractivity contribution in [3.63, 3.8) is 0 Å². The van der Waals surface area contributed by atoms with Crippen LogP contribution in [-0.4, -0.2) is 29.9 Å². The van der Waals surface area contributed by atoms with Gasteiger partial charge in [0.1, 0.15) is 0 Å². The van der Waals surface area contributed by atoms with Crippen LogP contribution in [0.4, 0.5) is 5.69 Å². The fraction of sp³-hybridized carbons (Fsp3) is 0.357. The summed E-state index contributed by atoms with van der Waals surface area (Å²) in [5, 5.41) is 13.7. The number of likely N-dealkylation sites (N-methyl/N-ethyl adjacent to an activating group) is 1. The molecule has 6 nitrogen and oxygen atoms in total. The van der Waals surface area contributed by atoms with Gasteiger partial charge >= 0.3 is 5.97 Å². The minimum atomic E-state index is -0.906. The molecule has 0 saturated carbocycles. The molecule has 6 heteroatoms. The third-order valence-corrected chi connectivity index (χ3v) is 2.68. The summed E-state index contributed by atoms with van der Waals surface area (Å²) in [4.78, 5) is 33.0. The Bertz CT molecular complexity index is 482. The van der Waals surface area contributed by atoms with E-state index in [0.717, 1.165) is 5.56 Å². The highest BCUT2D eigenvalue weighted by Crippen LogP contribution is 2.11. The summed E-state index contributed by atoms with van der Waals surface area (Å²) in [7, 11) is 1.58. The normalized spacial score (nSPS) is 9.85. The van der Waals surface area contributed by atoms with Gasteiger partial charge < -0.3 is 15.7 Å². The van der Waals surface area contributed by atoms with Gasteiger partial charge in [-0.15, -0.1) is 0 Å². The van der Waals surface area contributed by atoms with Crippen molar-refractivity contribution in [3.8, 4) is 0 Å². The maximum atomic E-state index is 11.5. The smallest absolute Gasteiger partial charge is 0.303 e. The summed E-state index contributed by atoms with van der Waals surface area (Å²) >= 11 is 0. The van der Waals surface area contributed by atoms with Gasteiger partial charge in [0.2, 0.25) is 11.8 Å². The molecule has 3 N–H and O–H groups in total. The highest BCUT2D eigenvalue weighted by atomic mass is 16.4. The van der Waals surface area contributed by atoms with E-state index in [1.165, 1.54) is 0 Å². The van der Waals surface area contributed by atoms with Gasteiger partial charge in [0.25, 0.3) is 0 Å². The molecular formula is C14H18N2O4. The second-order valence-corrected chi connectivity index (χ2v) is 4.34. The number of carbonyl (C=O) groups is 3. The molecule has 0 fully saturated rings. The predicted molar refractivity (Wildman–Crippen MR) is 74.3 cm³/mol. The lowest BCUT2D eigenvalue weighted by molar-refractivity contribution is -0.137. The number of benzene rings is 1. The Morgan fingerprint density at radius 1 is 1.05 bits per heavy atom. The maximum absolute atomic E-state index is 11.5. The molecule has 0 aromatic heterocycles. The van der Waals surface area contributed by atoms with Gasteiger partial charge in [-0.2, -0.15) is 0 Å². The molecule has 0 spiro atoms. The minimum absolute atomic E-state index is 0.0154. The molecule has 0 atom stereocenters. The molecule has 0 aliphatic rings. The summed E-state index contributed by atoms with van der Waals surface area (Å²) in [5.41, 5.74) is 1.49. The summed E-state index contributed by atoms with van der Waals surface area (Å²) in [5.74, 6) is -1.20. The monoisotopic (exact) mass is 278 g/mol. The quantitative estimate of drug-likeness (QED) is 0.697. The third-order valence-electron chi connectivity index (χ3n) is 2.68. The Hall–Kier alpha value is -2.37. The Morgan fingerprint density at radius 3 is 2.25 bits per heavy atom. The van der Waals surface area contributed by atoms with Crippen LogP contribution >= 0.6 is 0 Å². The van der Waals surface area contributed by atoms with Gasteiger partial charge in [0, 0.05) is 25.6 Å². The van der Waals surface area contributed by atoms with E-state index in [-0.39, 0.29) is 24.7 Å². The number of carboxylic acids is 1. The van der Waals surface area contributed by atoms with Crippen molar-refractivity contribution < 1.29 is 19.5 Å². The van der Waals surface area contributed by atoms with Gasteiger partial charge in [-0.05, 0) is 24.1 Å². The van der Waals surface area contributed by atoms with E-state index < -0.39 is 5.97 Å². The van der Waals surface area contributed by atoms with Crippen molar-refractivity contribution in [1.82, 2.24) is 5.32 Å². The zero-order valence-electron chi connectivity index (χ0n) is 11.3. The number of hydrogen-bond acceptors (Lipinski definition) is 3. The van der Waals surface area contributed by atoms with Crippen LogP contribution in [0.2, 0.25) is 0 Å². The average Bonchev–Trinajstić information content (AvgIpc) is 2.40. The molecule has 2 amide bonds. The molecule has 0 heterocycles. The third kappa shape index (κ3) is 5.99. The van der Waals surface area contributed by atoms with E-state index in [0.29, 0.717) is 18.5 Å². The zero-order valence-corrected chi connectivity index (χ0v) is 11.3. The van der Waals surface area contributed by atoms with Crippen molar-refractivity contribution in [2.75, 3.05) is 12.4 Å². The fourth-order valence-corrected chi connectivity index (χ4v) is 1.60. The standard InChI is InChI=1S/C14H18N2O4/c1-15-13(18)9-10-5-7-11(8-6-10)16-12(17)3-2-4-14(19)20/h5-8H,2-4,9H2,1H3,(H,15,18)(H,16,17)(H,19,20). The van der Waals surface area contributed by atoms with Crippen LogP contribution in [0.25, 0.3) is 0 Å². The van der Waals surface area contributed by atoms with Crippen LogP contribution in [0.15, 0.2) is 24.3 Å². The lowest BCUT2D eigenvalue weighted by Gasteiger charge is -2.06. The van der Waals surface area contributed by atoms with Crippen LogP contribution in [0.5, 0.6) is 0 Å². The van der Waals surface area contributed by atoms with Crippen molar-refractivity contribution in [1.29, 1.82) is 0 Å². The highest BCUT2D eigenvalue weighted by molar-refractivity contribution is 5.91. The lowest BCUT2D eigenvalue weighted by Crippen LogP contribution is -2.19. The molecule has 0 bridgehead atoms. The van der Waals surface area contributed by atoms with Crippen LogP contribution in [0.3, 0.4) is 0 Å². The Morgan fingerprint density at radius 2 is 1.70 bits per heavy atom. The second-order valence-electron chi connectivity index (χ2n) is 4.34. The topological polar surface area (TPSA) is 95.5 Å². The van der Waals surface area contributed by atoms with Gasteiger partial charge in [-0.1, -0.05) is 12.1 Å². The van der Waals surface area contributed by atoms with E-state index >= 15 is 0 Å². The molecular weight excluding hydrogens is 260 g/mol. The molecule has 1 aromatic rings. The van der Waals surface area contributed by atoms with Crippen molar-refractivity contribution >= 4 is 23.5 Å². The number of amides is 2. The van der Waals surface area contributed by atoms with E-state index in [1.54, 1.807) is 31.3 Å². The molecule has 0 aliphatic carbocycles. The average molecular weight is 278 g/mol. The van der Waals surface area contributed by atoms with E-state index in [2.05, 4.69) is 10.6 Å². The van der Waals surface area contributed by atoms with Crippen LogP contribution < -0.4 is 10.6 Å². The van der Waals surface area contributed by atoms with E-state index in [4.69, 9.17) is 5.11 Å². The molecule has 1 aromatic carbocycles. The van der Waals surface area contributed by atoms with Crippen LogP contribution in [-0.2, 0) is 20.8 Å². The minimum Gasteiger partial charge on any atom is -0.481 e. The summed E-state index contributed by atoms with van der Waals surface area (Å²) in [6.07, 6.45) is 0.768. The molecule has 0 radical (unpaired) electrons. The number of anilines is 1. The molecule has 0 aliphatic heterocycles. The maximum Gasteiger partial charge on any atom is 0.303 e. The largest absolute Gasteiger partial charge is 0.481 e. The molecule has 1 rings (SSSR count). The van der Waals surface area contributed by atoms with Crippen molar-refractivity contribution in [3.05, 3.63) is 29.8 Å². The molecule has 0 unspecified atom stereocenters. The predicted octanol–water partition coefficient (Wildman–Crippen LogP) is 1.17. The van der Waals surface area contributed by atoms with Gasteiger partial charge in [0.05, 0.1) is 6.42 Å². The zero-order chi connectivity index (χ0) is 15.0. The molecule has 0 saturated heterocycles. The summed E-state index contributed by atoms with van der Waals surface area (Å²) < 4.78 is 0. The Balaban J connectivity index is 2.42. The Kier molecular flexibility index (Phi) is 6.22. The number of aliphatic carboxylic acids is 1. The number of carbonyl (C=O) groups excluding carboxylic acids is 2.